The number of aryl methyl sites for hydroxylation is 1. The molecule has 0 spiro atoms. The Balaban J connectivity index is 2.73. The molecule has 1 aromatic rings. The number of carbonyl (C=O) groups is 1. The topological polar surface area (TPSA) is 40.5 Å². The van der Waals surface area contributed by atoms with Crippen molar-refractivity contribution in [1.82, 2.24) is 4.90 Å². The van der Waals surface area contributed by atoms with E-state index in [-0.39, 0.29) is 11.8 Å². The van der Waals surface area contributed by atoms with Gasteiger partial charge < -0.3 is 5.11 Å². The predicted molar refractivity (Wildman–Crippen MR) is 73.9 cm³/mol. The molecule has 0 saturated heterocycles. The number of hydrogen-bond donors (Lipinski definition) is 1. The molecule has 0 amide bonds. The van der Waals surface area contributed by atoms with E-state index in [1.807, 2.05) is 43.1 Å². The summed E-state index contributed by atoms with van der Waals surface area (Å²) in [4.78, 5) is 14.1. The highest BCUT2D eigenvalue weighted by atomic mass is 16.3. The summed E-state index contributed by atoms with van der Waals surface area (Å²) in [5, 5.41) is 9.34. The van der Waals surface area contributed by atoms with Gasteiger partial charge in [-0.15, -0.1) is 0 Å². The van der Waals surface area contributed by atoms with Gasteiger partial charge in [0.05, 0.1) is 12.1 Å². The summed E-state index contributed by atoms with van der Waals surface area (Å²) in [6.45, 7) is 6.19. The lowest BCUT2D eigenvalue weighted by molar-refractivity contribution is 0.0788. The maximum absolute atomic E-state index is 12.2. The third-order valence-corrected chi connectivity index (χ3v) is 3.24. The highest BCUT2D eigenvalue weighted by Gasteiger charge is 2.20. The van der Waals surface area contributed by atoms with E-state index < -0.39 is 6.10 Å². The first-order valence-electron chi connectivity index (χ1n) is 6.47. The van der Waals surface area contributed by atoms with Crippen molar-refractivity contribution >= 4 is 5.78 Å². The minimum Gasteiger partial charge on any atom is -0.392 e. The molecule has 0 saturated carbocycles. The van der Waals surface area contributed by atoms with Crippen LogP contribution in [-0.4, -0.2) is 41.5 Å². The summed E-state index contributed by atoms with van der Waals surface area (Å²) in [6.07, 6.45) is 0.555. The van der Waals surface area contributed by atoms with E-state index in [9.17, 15) is 9.90 Å². The molecule has 1 aromatic carbocycles. The van der Waals surface area contributed by atoms with Crippen LogP contribution in [0.15, 0.2) is 24.3 Å². The van der Waals surface area contributed by atoms with Gasteiger partial charge in [0.15, 0.2) is 5.78 Å². The van der Waals surface area contributed by atoms with Crippen molar-refractivity contribution in [2.45, 2.75) is 39.3 Å². The highest BCUT2D eigenvalue weighted by Crippen LogP contribution is 2.10. The number of aliphatic hydroxyl groups is 1. The number of Topliss-reactive ketones (excluding diaryl/α,β-unsaturated/α-hetero) is 1. The zero-order valence-corrected chi connectivity index (χ0v) is 11.7. The van der Waals surface area contributed by atoms with Crippen LogP contribution in [0.4, 0.5) is 0 Å². The van der Waals surface area contributed by atoms with Gasteiger partial charge in [-0.3, -0.25) is 9.69 Å². The predicted octanol–water partition coefficient (Wildman–Crippen LogP) is 2.13. The Morgan fingerprint density at radius 3 is 2.28 bits per heavy atom. The van der Waals surface area contributed by atoms with Crippen LogP contribution >= 0.6 is 0 Å². The minimum atomic E-state index is -0.423. The van der Waals surface area contributed by atoms with E-state index in [2.05, 4.69) is 6.92 Å². The average Bonchev–Trinajstić information content (AvgIpc) is 2.36. The van der Waals surface area contributed by atoms with Gasteiger partial charge in [0, 0.05) is 12.1 Å². The van der Waals surface area contributed by atoms with E-state index in [1.54, 1.807) is 6.92 Å². The lowest BCUT2D eigenvalue weighted by atomic mass is 10.0. The lowest BCUT2D eigenvalue weighted by Gasteiger charge is -2.24. The SMILES string of the molecule is CCc1ccc(C(=O)C(C)N(C)CC(C)O)cc1. The second kappa shape index (κ2) is 6.66. The Hall–Kier alpha value is -1.19. The molecule has 1 N–H and O–H groups in total. The molecule has 0 heterocycles. The second-order valence-corrected chi connectivity index (χ2v) is 4.88. The number of carbonyl (C=O) groups excluding carboxylic acids is 1. The van der Waals surface area contributed by atoms with Gasteiger partial charge in [-0.2, -0.15) is 0 Å². The summed E-state index contributed by atoms with van der Waals surface area (Å²) >= 11 is 0. The summed E-state index contributed by atoms with van der Waals surface area (Å²) in [5.41, 5.74) is 1.97. The molecule has 0 aromatic heterocycles. The molecular weight excluding hydrogens is 226 g/mol. The van der Waals surface area contributed by atoms with Gasteiger partial charge in [0.2, 0.25) is 0 Å². The number of benzene rings is 1. The van der Waals surface area contributed by atoms with E-state index in [1.165, 1.54) is 5.56 Å². The van der Waals surface area contributed by atoms with Crippen molar-refractivity contribution in [3.8, 4) is 0 Å². The summed E-state index contributed by atoms with van der Waals surface area (Å²) in [6, 6.07) is 7.54. The van der Waals surface area contributed by atoms with E-state index in [4.69, 9.17) is 0 Å². The van der Waals surface area contributed by atoms with Crippen LogP contribution in [0.3, 0.4) is 0 Å². The summed E-state index contributed by atoms with van der Waals surface area (Å²) in [7, 11) is 1.86. The van der Waals surface area contributed by atoms with Gasteiger partial charge in [0.1, 0.15) is 0 Å². The Morgan fingerprint density at radius 1 is 1.28 bits per heavy atom. The molecule has 1 rings (SSSR count). The molecule has 0 aliphatic carbocycles. The van der Waals surface area contributed by atoms with Gasteiger partial charge in [-0.25, -0.2) is 0 Å². The van der Waals surface area contributed by atoms with Gasteiger partial charge in [-0.1, -0.05) is 31.2 Å². The molecule has 3 nitrogen and oxygen atoms in total. The number of nitrogens with zero attached hydrogens (tertiary/aromatic N) is 1. The maximum atomic E-state index is 12.2. The largest absolute Gasteiger partial charge is 0.392 e. The summed E-state index contributed by atoms with van der Waals surface area (Å²) < 4.78 is 0. The monoisotopic (exact) mass is 249 g/mol. The van der Waals surface area contributed by atoms with Crippen LogP contribution in [0, 0.1) is 0 Å². The van der Waals surface area contributed by atoms with E-state index in [0.717, 1.165) is 12.0 Å². The highest BCUT2D eigenvalue weighted by molar-refractivity contribution is 5.99. The van der Waals surface area contributed by atoms with Crippen molar-refractivity contribution in [2.75, 3.05) is 13.6 Å². The number of hydrogen-bond acceptors (Lipinski definition) is 3. The first-order valence-corrected chi connectivity index (χ1v) is 6.47. The van der Waals surface area contributed by atoms with Crippen molar-refractivity contribution < 1.29 is 9.90 Å². The van der Waals surface area contributed by atoms with Crippen molar-refractivity contribution in [1.29, 1.82) is 0 Å². The standard InChI is InChI=1S/C15H23NO2/c1-5-13-6-8-14(9-7-13)15(18)12(3)16(4)10-11(2)17/h6-9,11-12,17H,5,10H2,1-4H3. The fourth-order valence-corrected chi connectivity index (χ4v) is 1.92. The van der Waals surface area contributed by atoms with E-state index >= 15 is 0 Å². The van der Waals surface area contributed by atoms with Crippen molar-refractivity contribution in [3.05, 3.63) is 35.4 Å². The molecule has 0 radical (unpaired) electrons. The van der Waals surface area contributed by atoms with Crippen LogP contribution in [0.25, 0.3) is 0 Å². The van der Waals surface area contributed by atoms with Crippen LogP contribution in [0.1, 0.15) is 36.7 Å². The van der Waals surface area contributed by atoms with Crippen LogP contribution in [0.5, 0.6) is 0 Å². The molecule has 2 atom stereocenters. The van der Waals surface area contributed by atoms with E-state index in [0.29, 0.717) is 6.54 Å². The molecule has 0 aliphatic rings. The molecule has 0 bridgehead atoms. The number of rotatable bonds is 6. The average molecular weight is 249 g/mol. The smallest absolute Gasteiger partial charge is 0.179 e. The first-order chi connectivity index (χ1) is 8.45. The molecule has 0 fully saturated rings. The Labute approximate surface area is 109 Å². The van der Waals surface area contributed by atoms with Crippen LogP contribution in [0.2, 0.25) is 0 Å². The zero-order chi connectivity index (χ0) is 13.7. The number of likely N-dealkylation sites (N-methyl/N-ethyl adjacent to an activating group) is 1. The molecular formula is C15H23NO2. The third-order valence-electron chi connectivity index (χ3n) is 3.24. The molecule has 100 valence electrons. The maximum Gasteiger partial charge on any atom is 0.179 e. The Bertz CT molecular complexity index is 384. The van der Waals surface area contributed by atoms with Crippen LogP contribution in [-0.2, 0) is 6.42 Å². The molecule has 2 unspecified atom stereocenters. The number of ketones is 1. The quantitative estimate of drug-likeness (QED) is 0.785. The fourth-order valence-electron chi connectivity index (χ4n) is 1.92. The Morgan fingerprint density at radius 2 is 1.83 bits per heavy atom. The number of aliphatic hydroxyl groups excluding tert-OH is 1. The third kappa shape index (κ3) is 3.93. The minimum absolute atomic E-state index is 0.0980. The molecule has 0 aliphatic heterocycles. The zero-order valence-electron chi connectivity index (χ0n) is 11.7. The first kappa shape index (κ1) is 14.9. The van der Waals surface area contributed by atoms with Crippen LogP contribution < -0.4 is 0 Å². The van der Waals surface area contributed by atoms with Crippen molar-refractivity contribution in [3.63, 3.8) is 0 Å². The fraction of sp³-hybridized carbons (Fsp3) is 0.533. The molecule has 18 heavy (non-hydrogen) atoms. The normalized spacial score (nSPS) is 14.6. The van der Waals surface area contributed by atoms with Crippen molar-refractivity contribution in [2.24, 2.45) is 0 Å². The van der Waals surface area contributed by atoms with Gasteiger partial charge in [0.25, 0.3) is 0 Å². The van der Waals surface area contributed by atoms with Gasteiger partial charge in [-0.05, 0) is 32.9 Å². The molecule has 3 heteroatoms. The van der Waals surface area contributed by atoms with Gasteiger partial charge >= 0.3 is 0 Å². The summed E-state index contributed by atoms with van der Waals surface area (Å²) in [5.74, 6) is 0.0980. The lowest BCUT2D eigenvalue weighted by Crippen LogP contribution is -2.39. The second-order valence-electron chi connectivity index (χ2n) is 4.88. The Kier molecular flexibility index (Phi) is 5.51.